The predicted molar refractivity (Wildman–Crippen MR) is 92.9 cm³/mol. The average Bonchev–Trinajstić information content (AvgIpc) is 3.32. The lowest BCUT2D eigenvalue weighted by atomic mass is 9.90. The van der Waals surface area contributed by atoms with Crippen LogP contribution in [0.3, 0.4) is 0 Å². The van der Waals surface area contributed by atoms with Crippen LogP contribution in [-0.4, -0.2) is 15.8 Å². The lowest BCUT2D eigenvalue weighted by Gasteiger charge is -2.12. The van der Waals surface area contributed by atoms with E-state index in [9.17, 15) is 4.79 Å². The van der Waals surface area contributed by atoms with Crippen LogP contribution in [0.5, 0.6) is 0 Å². The van der Waals surface area contributed by atoms with Gasteiger partial charge in [-0.15, -0.1) is 0 Å². The van der Waals surface area contributed by atoms with Crippen molar-refractivity contribution in [3.05, 3.63) is 77.2 Å². The second-order valence-electron chi connectivity index (χ2n) is 6.90. The third kappa shape index (κ3) is 2.12. The zero-order chi connectivity index (χ0) is 16.1. The van der Waals surface area contributed by atoms with Gasteiger partial charge in [-0.25, -0.2) is 0 Å². The Balaban J connectivity index is 1.67. The smallest absolute Gasteiger partial charge is 0.168 e. The zero-order valence-corrected chi connectivity index (χ0v) is 13.3. The maximum atomic E-state index is 12.9. The van der Waals surface area contributed by atoms with Gasteiger partial charge in [0.2, 0.25) is 0 Å². The Morgan fingerprint density at radius 1 is 1.08 bits per heavy atom. The molecular weight excluding hydrogens is 296 g/mol. The maximum absolute atomic E-state index is 12.9. The van der Waals surface area contributed by atoms with Crippen LogP contribution in [0.4, 0.5) is 0 Å². The van der Waals surface area contributed by atoms with E-state index < -0.39 is 0 Å². The van der Waals surface area contributed by atoms with Gasteiger partial charge in [0.15, 0.2) is 5.78 Å². The Hall–Kier alpha value is -2.68. The quantitative estimate of drug-likeness (QED) is 0.793. The van der Waals surface area contributed by atoms with Crippen molar-refractivity contribution in [3.63, 3.8) is 0 Å². The molecule has 0 aliphatic heterocycles. The molecule has 24 heavy (non-hydrogen) atoms. The van der Waals surface area contributed by atoms with Gasteiger partial charge in [-0.3, -0.25) is 9.78 Å². The topological polar surface area (TPSA) is 45.8 Å². The van der Waals surface area contributed by atoms with Crippen LogP contribution < -0.4 is 0 Å². The van der Waals surface area contributed by atoms with E-state index in [-0.39, 0.29) is 5.92 Å². The first-order valence-electron chi connectivity index (χ1n) is 8.53. The molecule has 118 valence electrons. The molecule has 2 aliphatic rings. The molecule has 3 aromatic rings. The Morgan fingerprint density at radius 2 is 1.88 bits per heavy atom. The van der Waals surface area contributed by atoms with Crippen LogP contribution >= 0.6 is 0 Å². The van der Waals surface area contributed by atoms with Crippen molar-refractivity contribution in [2.24, 2.45) is 11.8 Å². The second kappa shape index (κ2) is 5.17. The third-order valence-electron chi connectivity index (χ3n) is 5.35. The predicted octanol–water partition coefficient (Wildman–Crippen LogP) is 4.04. The van der Waals surface area contributed by atoms with Crippen LogP contribution in [0, 0.1) is 11.8 Å². The second-order valence-corrected chi connectivity index (χ2v) is 6.90. The summed E-state index contributed by atoms with van der Waals surface area (Å²) in [5.74, 6) is 1.19. The van der Waals surface area contributed by atoms with Gasteiger partial charge in [-0.1, -0.05) is 30.3 Å². The molecule has 0 radical (unpaired) electrons. The van der Waals surface area contributed by atoms with Crippen molar-refractivity contribution >= 4 is 5.78 Å². The molecule has 0 bridgehead atoms. The monoisotopic (exact) mass is 314 g/mol. The summed E-state index contributed by atoms with van der Waals surface area (Å²) in [7, 11) is 0. The molecule has 1 fully saturated rings. The molecule has 2 aromatic heterocycles. The molecule has 5 rings (SSSR count). The van der Waals surface area contributed by atoms with E-state index in [1.54, 1.807) is 12.4 Å². The number of H-pyrrole nitrogens is 1. The van der Waals surface area contributed by atoms with E-state index in [0.29, 0.717) is 11.7 Å². The number of Topliss-reactive ketones (excluding diaryl/α,β-unsaturated/α-hetero) is 1. The number of fused-ring (bicyclic) bond motifs is 2. The van der Waals surface area contributed by atoms with Crippen molar-refractivity contribution in [3.8, 4) is 11.3 Å². The molecule has 0 spiro atoms. The molecule has 2 heterocycles. The number of ketones is 1. The molecule has 0 unspecified atom stereocenters. The zero-order valence-electron chi connectivity index (χ0n) is 13.3. The fourth-order valence-electron chi connectivity index (χ4n) is 4.03. The van der Waals surface area contributed by atoms with Crippen molar-refractivity contribution in [2.75, 3.05) is 0 Å². The van der Waals surface area contributed by atoms with Crippen LogP contribution in [-0.2, 0) is 12.8 Å². The van der Waals surface area contributed by atoms with Gasteiger partial charge >= 0.3 is 0 Å². The van der Waals surface area contributed by atoms with E-state index in [0.717, 1.165) is 47.3 Å². The summed E-state index contributed by atoms with van der Waals surface area (Å²) in [6.45, 7) is 0. The highest BCUT2D eigenvalue weighted by Gasteiger charge is 2.49. The summed E-state index contributed by atoms with van der Waals surface area (Å²) in [4.78, 5) is 20.6. The van der Waals surface area contributed by atoms with E-state index in [4.69, 9.17) is 0 Å². The van der Waals surface area contributed by atoms with E-state index in [1.807, 2.05) is 18.2 Å². The number of nitrogens with zero attached hydrogens (tertiary/aromatic N) is 1. The fourth-order valence-corrected chi connectivity index (χ4v) is 4.03. The van der Waals surface area contributed by atoms with Crippen LogP contribution in [0.1, 0.15) is 33.6 Å². The molecule has 3 nitrogen and oxygen atoms in total. The highest BCUT2D eigenvalue weighted by molar-refractivity contribution is 6.05. The van der Waals surface area contributed by atoms with Crippen molar-refractivity contribution in [2.45, 2.75) is 19.3 Å². The van der Waals surface area contributed by atoms with E-state index in [1.165, 1.54) is 5.56 Å². The largest absolute Gasteiger partial charge is 0.358 e. The normalized spacial score (nSPS) is 21.2. The van der Waals surface area contributed by atoms with E-state index >= 15 is 0 Å². The summed E-state index contributed by atoms with van der Waals surface area (Å²) >= 11 is 0. The lowest BCUT2D eigenvalue weighted by molar-refractivity contribution is 0.0953. The Morgan fingerprint density at radius 3 is 2.67 bits per heavy atom. The molecule has 3 heteroatoms. The molecule has 1 N–H and O–H groups in total. The van der Waals surface area contributed by atoms with E-state index in [2.05, 4.69) is 34.2 Å². The number of pyridine rings is 1. The highest BCUT2D eigenvalue weighted by Crippen LogP contribution is 2.49. The lowest BCUT2D eigenvalue weighted by Crippen LogP contribution is -2.14. The molecular formula is C21H18N2O. The molecule has 2 atom stereocenters. The van der Waals surface area contributed by atoms with Gasteiger partial charge in [0.05, 0.1) is 5.69 Å². The molecule has 0 amide bonds. The first kappa shape index (κ1) is 13.7. The standard InChI is InChI=1S/C21H18N2O/c24-21-16-11-15(16)12-18-19(21)17(10-13-4-2-1-3-5-13)20(23-18)14-6-8-22-9-7-14/h1-9,15-16,23H,10-12H2/t15-,16-/m0/s1. The summed E-state index contributed by atoms with van der Waals surface area (Å²) in [5, 5.41) is 0. The number of aromatic amines is 1. The Bertz CT molecular complexity index is 912. The number of rotatable bonds is 3. The summed E-state index contributed by atoms with van der Waals surface area (Å²) in [5.41, 5.74) is 6.67. The van der Waals surface area contributed by atoms with Gasteiger partial charge < -0.3 is 4.98 Å². The maximum Gasteiger partial charge on any atom is 0.168 e. The number of aromatic nitrogens is 2. The van der Waals surface area contributed by atoms with Gasteiger partial charge in [0.25, 0.3) is 0 Å². The number of hydrogen-bond donors (Lipinski definition) is 1. The summed E-state index contributed by atoms with van der Waals surface area (Å²) in [6.07, 6.45) is 6.48. The SMILES string of the molecule is O=C1c2c([nH]c(-c3ccncc3)c2Cc2ccccc2)C[C@@H]2C[C@H]12. The average molecular weight is 314 g/mol. The first-order valence-corrected chi connectivity index (χ1v) is 8.53. The first-order chi connectivity index (χ1) is 11.8. The molecule has 1 aromatic carbocycles. The number of nitrogens with one attached hydrogen (secondary N) is 1. The van der Waals surface area contributed by atoms with Crippen molar-refractivity contribution in [1.29, 1.82) is 0 Å². The number of hydrogen-bond acceptors (Lipinski definition) is 2. The molecule has 0 saturated heterocycles. The van der Waals surface area contributed by atoms with Gasteiger partial charge in [0.1, 0.15) is 0 Å². The minimum Gasteiger partial charge on any atom is -0.358 e. The van der Waals surface area contributed by atoms with Gasteiger partial charge in [0, 0.05) is 41.6 Å². The Kier molecular flexibility index (Phi) is 2.96. The van der Waals surface area contributed by atoms with Crippen LogP contribution in [0.15, 0.2) is 54.9 Å². The fraction of sp³-hybridized carbons (Fsp3) is 0.238. The minimum absolute atomic E-state index is 0.271. The number of benzene rings is 1. The van der Waals surface area contributed by atoms with Gasteiger partial charge in [-0.05, 0) is 42.0 Å². The summed E-state index contributed by atoms with van der Waals surface area (Å²) < 4.78 is 0. The third-order valence-corrected chi connectivity index (χ3v) is 5.35. The van der Waals surface area contributed by atoms with Gasteiger partial charge in [-0.2, -0.15) is 0 Å². The number of carbonyl (C=O) groups is 1. The number of carbonyl (C=O) groups excluding carboxylic acids is 1. The molecule has 1 saturated carbocycles. The van der Waals surface area contributed by atoms with Crippen LogP contribution in [0.25, 0.3) is 11.3 Å². The summed E-state index contributed by atoms with van der Waals surface area (Å²) in [6, 6.07) is 14.4. The molecule has 2 aliphatic carbocycles. The van der Waals surface area contributed by atoms with Crippen molar-refractivity contribution in [1.82, 2.24) is 9.97 Å². The minimum atomic E-state index is 0.271. The van der Waals surface area contributed by atoms with Crippen LogP contribution in [0.2, 0.25) is 0 Å². The highest BCUT2D eigenvalue weighted by atomic mass is 16.1. The Labute approximate surface area is 140 Å². The van der Waals surface area contributed by atoms with Crippen molar-refractivity contribution < 1.29 is 4.79 Å².